The summed E-state index contributed by atoms with van der Waals surface area (Å²) in [6.07, 6.45) is 0.717. The van der Waals surface area contributed by atoms with Crippen LogP contribution in [0.4, 0.5) is 9.52 Å². The molecule has 0 spiro atoms. The van der Waals surface area contributed by atoms with E-state index in [2.05, 4.69) is 16.4 Å². The van der Waals surface area contributed by atoms with Gasteiger partial charge in [-0.2, -0.15) is 0 Å². The predicted octanol–water partition coefficient (Wildman–Crippen LogP) is 4.61. The smallest absolute Gasteiger partial charge is 0.239 e. The first-order valence-electron chi connectivity index (χ1n) is 7.99. The first kappa shape index (κ1) is 17.1. The fraction of sp³-hybridized carbons (Fsp3) is 0.158. The lowest BCUT2D eigenvalue weighted by molar-refractivity contribution is -0.115. The number of ether oxygens (including phenoxy) is 1. The number of carbonyl (C=O) groups excluding carboxylic acids is 1. The Hall–Kier alpha value is -2.38. The average Bonchev–Trinajstić information content (AvgIpc) is 3.28. The zero-order valence-electron chi connectivity index (χ0n) is 13.9. The number of carbonyl (C=O) groups is 1. The summed E-state index contributed by atoms with van der Waals surface area (Å²) in [5.41, 5.74) is 2.46. The number of aromatic nitrogens is 1. The summed E-state index contributed by atoms with van der Waals surface area (Å²) in [4.78, 5) is 18.1. The number of halogens is 1. The largest absolute Gasteiger partial charge is 0.494 e. The van der Waals surface area contributed by atoms with Gasteiger partial charge in [0.25, 0.3) is 0 Å². The molecule has 4 rings (SSSR count). The Kier molecular flexibility index (Phi) is 4.65. The third-order valence-electron chi connectivity index (χ3n) is 4.12. The number of nitrogens with zero attached hydrogens (tertiary/aromatic N) is 1. The molecule has 2 heterocycles. The molecule has 1 aliphatic heterocycles. The number of hydrogen-bond acceptors (Lipinski definition) is 5. The van der Waals surface area contributed by atoms with Gasteiger partial charge in [0.1, 0.15) is 0 Å². The Balaban J connectivity index is 1.46. The zero-order valence-corrected chi connectivity index (χ0v) is 15.5. The van der Waals surface area contributed by atoms with Gasteiger partial charge in [-0.05, 0) is 36.2 Å². The minimum atomic E-state index is -0.441. The SMILES string of the molecule is COc1ccc(-c2csc(NC(=O)C3Cc4ccccc4S3)n2)cc1F. The van der Waals surface area contributed by atoms with Crippen molar-refractivity contribution < 1.29 is 13.9 Å². The highest BCUT2D eigenvalue weighted by Gasteiger charge is 2.28. The van der Waals surface area contributed by atoms with Crippen molar-refractivity contribution in [3.8, 4) is 17.0 Å². The third-order valence-corrected chi connectivity index (χ3v) is 6.20. The van der Waals surface area contributed by atoms with Gasteiger partial charge in [0.15, 0.2) is 16.7 Å². The topological polar surface area (TPSA) is 51.2 Å². The monoisotopic (exact) mass is 386 g/mol. The number of nitrogens with one attached hydrogen (secondary N) is 1. The van der Waals surface area contributed by atoms with Crippen LogP contribution in [0, 0.1) is 5.82 Å². The molecule has 0 aliphatic carbocycles. The molecular weight excluding hydrogens is 371 g/mol. The average molecular weight is 386 g/mol. The number of hydrogen-bond donors (Lipinski definition) is 1. The fourth-order valence-electron chi connectivity index (χ4n) is 2.80. The molecule has 26 heavy (non-hydrogen) atoms. The van der Waals surface area contributed by atoms with Gasteiger partial charge >= 0.3 is 0 Å². The second kappa shape index (κ2) is 7.09. The molecule has 0 saturated heterocycles. The molecule has 1 aromatic heterocycles. The Morgan fingerprint density at radius 3 is 2.92 bits per heavy atom. The van der Waals surface area contributed by atoms with Crippen molar-refractivity contribution >= 4 is 34.1 Å². The van der Waals surface area contributed by atoms with Gasteiger partial charge in [-0.3, -0.25) is 4.79 Å². The Morgan fingerprint density at radius 1 is 1.31 bits per heavy atom. The van der Waals surface area contributed by atoms with Crippen LogP contribution >= 0.6 is 23.1 Å². The predicted molar refractivity (Wildman–Crippen MR) is 102 cm³/mol. The minimum absolute atomic E-state index is 0.0620. The number of fused-ring (bicyclic) bond motifs is 1. The number of methoxy groups -OCH3 is 1. The second-order valence-electron chi connectivity index (χ2n) is 5.79. The van der Waals surface area contributed by atoms with Crippen LogP contribution in [-0.4, -0.2) is 23.3 Å². The maximum atomic E-state index is 13.9. The Labute approximate surface area is 158 Å². The molecule has 4 nitrogen and oxygen atoms in total. The highest BCUT2D eigenvalue weighted by molar-refractivity contribution is 8.01. The summed E-state index contributed by atoms with van der Waals surface area (Å²) >= 11 is 2.90. The summed E-state index contributed by atoms with van der Waals surface area (Å²) < 4.78 is 18.8. The minimum Gasteiger partial charge on any atom is -0.494 e. The van der Waals surface area contributed by atoms with E-state index in [1.54, 1.807) is 29.3 Å². The molecule has 0 saturated carbocycles. The number of rotatable bonds is 4. The summed E-state index contributed by atoms with van der Waals surface area (Å²) in [5.74, 6) is -0.313. The van der Waals surface area contributed by atoms with Crippen molar-refractivity contribution in [1.29, 1.82) is 0 Å². The van der Waals surface area contributed by atoms with Gasteiger partial charge in [-0.1, -0.05) is 18.2 Å². The van der Waals surface area contributed by atoms with Crippen molar-refractivity contribution in [3.63, 3.8) is 0 Å². The van der Waals surface area contributed by atoms with E-state index in [1.165, 1.54) is 30.1 Å². The first-order chi connectivity index (χ1) is 12.6. The van der Waals surface area contributed by atoms with E-state index in [9.17, 15) is 9.18 Å². The summed E-state index contributed by atoms with van der Waals surface area (Å²) in [6.45, 7) is 0. The fourth-order valence-corrected chi connectivity index (χ4v) is 4.72. The normalized spacial score (nSPS) is 15.5. The lowest BCUT2D eigenvalue weighted by Crippen LogP contribution is -2.24. The lowest BCUT2D eigenvalue weighted by Gasteiger charge is -2.07. The maximum absolute atomic E-state index is 13.9. The molecular formula is C19H15FN2O2S2. The molecule has 3 aromatic rings. The van der Waals surface area contributed by atoms with Crippen LogP contribution in [0.3, 0.4) is 0 Å². The van der Waals surface area contributed by atoms with Crippen molar-refractivity contribution in [1.82, 2.24) is 4.98 Å². The van der Waals surface area contributed by atoms with Gasteiger partial charge in [0, 0.05) is 15.8 Å². The van der Waals surface area contributed by atoms with Crippen LogP contribution in [0.1, 0.15) is 5.56 Å². The Bertz CT molecular complexity index is 949. The molecule has 1 N–H and O–H groups in total. The van der Waals surface area contributed by atoms with Crippen LogP contribution in [-0.2, 0) is 11.2 Å². The van der Waals surface area contributed by atoms with Crippen molar-refractivity contribution in [3.05, 3.63) is 59.2 Å². The third kappa shape index (κ3) is 3.32. The molecule has 1 aliphatic rings. The molecule has 2 aromatic carbocycles. The molecule has 1 amide bonds. The van der Waals surface area contributed by atoms with E-state index in [1.807, 2.05) is 18.2 Å². The van der Waals surface area contributed by atoms with E-state index in [0.717, 1.165) is 4.90 Å². The van der Waals surface area contributed by atoms with Gasteiger partial charge in [0.05, 0.1) is 18.1 Å². The van der Waals surface area contributed by atoms with E-state index in [-0.39, 0.29) is 16.9 Å². The number of thiazole rings is 1. The van der Waals surface area contributed by atoms with E-state index < -0.39 is 5.82 Å². The van der Waals surface area contributed by atoms with E-state index in [4.69, 9.17) is 4.74 Å². The zero-order chi connectivity index (χ0) is 18.1. The van der Waals surface area contributed by atoms with Crippen LogP contribution in [0.2, 0.25) is 0 Å². The molecule has 0 bridgehead atoms. The standard InChI is InChI=1S/C19H15FN2O2S2/c1-24-15-7-6-11(8-13(15)20)14-10-25-19(21-14)22-18(23)17-9-12-4-2-3-5-16(12)26-17/h2-8,10,17H,9H2,1H3,(H,21,22,23). The first-order valence-corrected chi connectivity index (χ1v) is 9.75. The molecule has 0 radical (unpaired) electrons. The maximum Gasteiger partial charge on any atom is 0.239 e. The number of anilines is 1. The molecule has 132 valence electrons. The second-order valence-corrected chi connectivity index (χ2v) is 7.90. The highest BCUT2D eigenvalue weighted by Crippen LogP contribution is 2.37. The van der Waals surface area contributed by atoms with Crippen LogP contribution in [0.25, 0.3) is 11.3 Å². The molecule has 0 fully saturated rings. The number of thioether (sulfide) groups is 1. The lowest BCUT2D eigenvalue weighted by atomic mass is 10.1. The van der Waals surface area contributed by atoms with Gasteiger partial charge in [-0.25, -0.2) is 9.37 Å². The molecule has 1 unspecified atom stereocenters. The number of amides is 1. The van der Waals surface area contributed by atoms with Gasteiger partial charge in [-0.15, -0.1) is 23.1 Å². The quantitative estimate of drug-likeness (QED) is 0.711. The van der Waals surface area contributed by atoms with Crippen molar-refractivity contribution in [2.24, 2.45) is 0 Å². The molecule has 7 heteroatoms. The Morgan fingerprint density at radius 2 is 2.15 bits per heavy atom. The summed E-state index contributed by atoms with van der Waals surface area (Å²) in [7, 11) is 1.42. The summed E-state index contributed by atoms with van der Waals surface area (Å²) in [6, 6.07) is 12.7. The van der Waals surface area contributed by atoms with Crippen LogP contribution < -0.4 is 10.1 Å². The van der Waals surface area contributed by atoms with Crippen LogP contribution in [0.5, 0.6) is 5.75 Å². The molecule has 1 atom stereocenters. The number of benzene rings is 2. The van der Waals surface area contributed by atoms with E-state index >= 15 is 0 Å². The summed E-state index contributed by atoms with van der Waals surface area (Å²) in [5, 5.41) is 5.03. The highest BCUT2D eigenvalue weighted by atomic mass is 32.2. The van der Waals surface area contributed by atoms with Gasteiger partial charge < -0.3 is 10.1 Å². The van der Waals surface area contributed by atoms with E-state index in [0.29, 0.717) is 22.8 Å². The van der Waals surface area contributed by atoms with Crippen molar-refractivity contribution in [2.75, 3.05) is 12.4 Å². The van der Waals surface area contributed by atoms with Gasteiger partial charge in [0.2, 0.25) is 5.91 Å². The van der Waals surface area contributed by atoms with Crippen LogP contribution in [0.15, 0.2) is 52.7 Å². The van der Waals surface area contributed by atoms with Crippen molar-refractivity contribution in [2.45, 2.75) is 16.6 Å².